The molecule has 2 heterocycles. The molecule has 0 bridgehead atoms. The van der Waals surface area contributed by atoms with Crippen molar-refractivity contribution in [1.29, 1.82) is 0 Å². The van der Waals surface area contributed by atoms with Crippen molar-refractivity contribution in [2.75, 3.05) is 13.6 Å². The van der Waals surface area contributed by atoms with E-state index < -0.39 is 0 Å². The maximum absolute atomic E-state index is 12.4. The van der Waals surface area contributed by atoms with Gasteiger partial charge in [-0.2, -0.15) is 0 Å². The summed E-state index contributed by atoms with van der Waals surface area (Å²) in [5, 5.41) is 2.94. The molecule has 4 heteroatoms. The molecule has 102 valence electrons. The van der Waals surface area contributed by atoms with Crippen LogP contribution >= 0.6 is 11.3 Å². The van der Waals surface area contributed by atoms with Crippen molar-refractivity contribution >= 4 is 28.1 Å². The van der Waals surface area contributed by atoms with Crippen molar-refractivity contribution in [3.05, 3.63) is 58.5 Å². The predicted molar refractivity (Wildman–Crippen MR) is 81.2 cm³/mol. The fourth-order valence-corrected chi connectivity index (χ4v) is 3.03. The van der Waals surface area contributed by atoms with Crippen molar-refractivity contribution in [3.8, 4) is 0 Å². The number of Topliss-reactive ketones (excluding diaryl/α,β-unsaturated/α-hetero) is 1. The second kappa shape index (κ2) is 5.61. The van der Waals surface area contributed by atoms with E-state index in [9.17, 15) is 4.79 Å². The van der Waals surface area contributed by atoms with Crippen LogP contribution in [0.4, 0.5) is 0 Å². The molecule has 0 radical (unpaired) electrons. The molecule has 0 unspecified atom stereocenters. The van der Waals surface area contributed by atoms with Crippen LogP contribution in [0.3, 0.4) is 0 Å². The van der Waals surface area contributed by atoms with E-state index >= 15 is 0 Å². The molecule has 0 spiro atoms. The van der Waals surface area contributed by atoms with Gasteiger partial charge in [0.1, 0.15) is 11.8 Å². The van der Waals surface area contributed by atoms with E-state index in [1.54, 1.807) is 17.6 Å². The molecular formula is C16H15NO2S. The number of furan rings is 1. The first-order chi connectivity index (χ1) is 9.74. The third-order valence-corrected chi connectivity index (χ3v) is 4.06. The van der Waals surface area contributed by atoms with Crippen molar-refractivity contribution in [3.63, 3.8) is 0 Å². The summed E-state index contributed by atoms with van der Waals surface area (Å²) in [5.74, 6) is 0.0917. The Morgan fingerprint density at radius 1 is 1.25 bits per heavy atom. The monoisotopic (exact) mass is 285 g/mol. The van der Waals surface area contributed by atoms with Gasteiger partial charge in [-0.05, 0) is 24.6 Å². The highest BCUT2D eigenvalue weighted by molar-refractivity contribution is 7.09. The number of likely N-dealkylation sites (N-methyl/N-ethyl adjacent to an activating group) is 1. The van der Waals surface area contributed by atoms with Crippen molar-refractivity contribution in [2.45, 2.75) is 6.54 Å². The number of rotatable bonds is 5. The third kappa shape index (κ3) is 2.66. The summed E-state index contributed by atoms with van der Waals surface area (Å²) >= 11 is 1.71. The van der Waals surface area contributed by atoms with Crippen LogP contribution in [0.15, 0.2) is 52.5 Å². The minimum absolute atomic E-state index is 0.0917. The van der Waals surface area contributed by atoms with Gasteiger partial charge in [-0.15, -0.1) is 11.3 Å². The maximum atomic E-state index is 12.4. The molecule has 0 saturated carbocycles. The molecule has 3 aromatic rings. The molecule has 20 heavy (non-hydrogen) atoms. The molecule has 0 fully saturated rings. The SMILES string of the molecule is CN(CC(=O)c1coc2ccccc12)Cc1cccs1. The lowest BCUT2D eigenvalue weighted by atomic mass is 10.1. The molecule has 0 aliphatic rings. The number of nitrogens with zero attached hydrogens (tertiary/aromatic N) is 1. The Bertz CT molecular complexity index is 715. The zero-order valence-electron chi connectivity index (χ0n) is 11.2. The van der Waals surface area contributed by atoms with Crippen LogP contribution in [0.1, 0.15) is 15.2 Å². The number of thiophene rings is 1. The number of benzene rings is 1. The van der Waals surface area contributed by atoms with Gasteiger partial charge in [0.2, 0.25) is 0 Å². The molecule has 0 amide bonds. The Labute approximate surface area is 121 Å². The number of ketones is 1. The average Bonchev–Trinajstić information content (AvgIpc) is 3.07. The fraction of sp³-hybridized carbons (Fsp3) is 0.188. The lowest BCUT2D eigenvalue weighted by Crippen LogP contribution is -2.25. The van der Waals surface area contributed by atoms with Crippen molar-refractivity contribution < 1.29 is 9.21 Å². The smallest absolute Gasteiger partial charge is 0.180 e. The summed E-state index contributed by atoms with van der Waals surface area (Å²) in [4.78, 5) is 15.6. The minimum atomic E-state index is 0.0917. The van der Waals surface area contributed by atoms with Gasteiger partial charge in [-0.3, -0.25) is 9.69 Å². The first-order valence-corrected chi connectivity index (χ1v) is 7.32. The largest absolute Gasteiger partial charge is 0.464 e. The van der Waals surface area contributed by atoms with Gasteiger partial charge in [0.15, 0.2) is 5.78 Å². The summed E-state index contributed by atoms with van der Waals surface area (Å²) in [6.45, 7) is 1.18. The third-order valence-electron chi connectivity index (χ3n) is 3.20. The lowest BCUT2D eigenvalue weighted by molar-refractivity contribution is 0.0944. The molecule has 0 saturated heterocycles. The molecule has 3 nitrogen and oxygen atoms in total. The first-order valence-electron chi connectivity index (χ1n) is 6.44. The second-order valence-electron chi connectivity index (χ2n) is 4.82. The van der Waals surface area contributed by atoms with Gasteiger partial charge >= 0.3 is 0 Å². The fourth-order valence-electron chi connectivity index (χ4n) is 2.25. The van der Waals surface area contributed by atoms with Gasteiger partial charge in [0.05, 0.1) is 12.1 Å². The van der Waals surface area contributed by atoms with E-state index in [-0.39, 0.29) is 5.78 Å². The maximum Gasteiger partial charge on any atom is 0.180 e. The first kappa shape index (κ1) is 13.1. The highest BCUT2D eigenvalue weighted by Crippen LogP contribution is 2.21. The number of hydrogen-bond donors (Lipinski definition) is 0. The van der Waals surface area contributed by atoms with E-state index in [0.717, 1.165) is 17.5 Å². The van der Waals surface area contributed by atoms with Crippen LogP contribution in [-0.2, 0) is 6.54 Å². The number of hydrogen-bond acceptors (Lipinski definition) is 4. The number of fused-ring (bicyclic) bond motifs is 1. The Hall–Kier alpha value is -1.91. The summed E-state index contributed by atoms with van der Waals surface area (Å²) < 4.78 is 5.42. The summed E-state index contributed by atoms with van der Waals surface area (Å²) in [5.41, 5.74) is 1.43. The number of para-hydroxylation sites is 1. The standard InChI is InChI=1S/C16H15NO2S/c1-17(9-12-5-4-8-20-12)10-15(18)14-11-19-16-7-3-2-6-13(14)16/h2-8,11H,9-10H2,1H3. The molecule has 3 rings (SSSR count). The van der Waals surface area contributed by atoms with E-state index in [0.29, 0.717) is 12.1 Å². The quantitative estimate of drug-likeness (QED) is 0.668. The highest BCUT2D eigenvalue weighted by Gasteiger charge is 2.15. The molecule has 0 aliphatic heterocycles. The van der Waals surface area contributed by atoms with Gasteiger partial charge in [-0.1, -0.05) is 24.3 Å². The Morgan fingerprint density at radius 3 is 2.90 bits per heavy atom. The van der Waals surface area contributed by atoms with Gasteiger partial charge in [0.25, 0.3) is 0 Å². The van der Waals surface area contributed by atoms with Crippen LogP contribution in [0.5, 0.6) is 0 Å². The Kier molecular flexibility index (Phi) is 3.67. The zero-order chi connectivity index (χ0) is 13.9. The molecule has 0 N–H and O–H groups in total. The molecular weight excluding hydrogens is 270 g/mol. The van der Waals surface area contributed by atoms with Crippen LogP contribution in [0.2, 0.25) is 0 Å². The molecule has 0 atom stereocenters. The van der Waals surface area contributed by atoms with Crippen molar-refractivity contribution in [1.82, 2.24) is 4.90 Å². The van der Waals surface area contributed by atoms with Crippen molar-refractivity contribution in [2.24, 2.45) is 0 Å². The molecule has 0 aliphatic carbocycles. The molecule has 2 aromatic heterocycles. The normalized spacial score (nSPS) is 11.3. The van der Waals surface area contributed by atoms with Gasteiger partial charge in [0, 0.05) is 16.8 Å². The summed E-state index contributed by atoms with van der Waals surface area (Å²) in [7, 11) is 1.96. The van der Waals surface area contributed by atoms with Crippen LogP contribution < -0.4 is 0 Å². The second-order valence-corrected chi connectivity index (χ2v) is 5.85. The molecule has 1 aromatic carbocycles. The predicted octanol–water partition coefficient (Wildman–Crippen LogP) is 3.81. The summed E-state index contributed by atoms with van der Waals surface area (Å²) in [6.07, 6.45) is 1.56. The Morgan fingerprint density at radius 2 is 2.10 bits per heavy atom. The highest BCUT2D eigenvalue weighted by atomic mass is 32.1. The average molecular weight is 285 g/mol. The van der Waals surface area contributed by atoms with E-state index in [1.165, 1.54) is 4.88 Å². The van der Waals surface area contributed by atoms with E-state index in [1.807, 2.05) is 42.3 Å². The Balaban J connectivity index is 1.73. The lowest BCUT2D eigenvalue weighted by Gasteiger charge is -2.14. The van der Waals surface area contributed by atoms with E-state index in [2.05, 4.69) is 11.4 Å². The van der Waals surface area contributed by atoms with Gasteiger partial charge in [-0.25, -0.2) is 0 Å². The van der Waals surface area contributed by atoms with Crippen LogP contribution in [-0.4, -0.2) is 24.3 Å². The minimum Gasteiger partial charge on any atom is -0.464 e. The number of carbonyl (C=O) groups excluding carboxylic acids is 1. The van der Waals surface area contributed by atoms with Gasteiger partial charge < -0.3 is 4.42 Å². The summed E-state index contributed by atoms with van der Waals surface area (Å²) in [6, 6.07) is 11.7. The zero-order valence-corrected chi connectivity index (χ0v) is 12.0. The topological polar surface area (TPSA) is 33.5 Å². The number of carbonyl (C=O) groups is 1. The van der Waals surface area contributed by atoms with E-state index in [4.69, 9.17) is 4.42 Å². The van der Waals surface area contributed by atoms with Crippen LogP contribution in [0, 0.1) is 0 Å². The van der Waals surface area contributed by atoms with Crippen LogP contribution in [0.25, 0.3) is 11.0 Å².